The summed E-state index contributed by atoms with van der Waals surface area (Å²) in [5.74, 6) is 0.116. The number of hydrogen-bond donors (Lipinski definition) is 1. The van der Waals surface area contributed by atoms with Crippen molar-refractivity contribution in [3.8, 4) is 0 Å². The molecule has 17 heavy (non-hydrogen) atoms. The van der Waals surface area contributed by atoms with Gasteiger partial charge in [-0.15, -0.1) is 0 Å². The third-order valence-corrected chi connectivity index (χ3v) is 2.90. The molecule has 0 aliphatic rings. The second-order valence-electron chi connectivity index (χ2n) is 4.46. The third kappa shape index (κ3) is 5.00. The molecule has 3 heteroatoms. The van der Waals surface area contributed by atoms with Crippen LogP contribution in [0.3, 0.4) is 0 Å². The summed E-state index contributed by atoms with van der Waals surface area (Å²) in [7, 11) is 4.09. The Morgan fingerprint density at radius 3 is 2.47 bits per heavy atom. The fourth-order valence-corrected chi connectivity index (χ4v) is 1.68. The van der Waals surface area contributed by atoms with Crippen molar-refractivity contribution in [2.75, 3.05) is 20.6 Å². The van der Waals surface area contributed by atoms with Gasteiger partial charge >= 0.3 is 0 Å². The smallest absolute Gasteiger partial charge is 0.219 e. The van der Waals surface area contributed by atoms with Gasteiger partial charge in [-0.3, -0.25) is 4.79 Å². The molecule has 0 saturated heterocycles. The van der Waals surface area contributed by atoms with Crippen molar-refractivity contribution in [1.82, 2.24) is 10.2 Å². The summed E-state index contributed by atoms with van der Waals surface area (Å²) in [6, 6.07) is 10.7. The first-order valence-corrected chi connectivity index (χ1v) is 6.10. The van der Waals surface area contributed by atoms with Crippen LogP contribution in [-0.4, -0.2) is 37.5 Å². The fourth-order valence-electron chi connectivity index (χ4n) is 1.68. The van der Waals surface area contributed by atoms with E-state index in [1.807, 2.05) is 39.2 Å². The minimum atomic E-state index is 0.116. The molecule has 1 unspecified atom stereocenters. The molecular weight excluding hydrogens is 212 g/mol. The first-order valence-electron chi connectivity index (χ1n) is 6.10. The highest BCUT2D eigenvalue weighted by Crippen LogP contribution is 2.06. The molecule has 0 aromatic heterocycles. The van der Waals surface area contributed by atoms with Crippen molar-refractivity contribution in [3.05, 3.63) is 35.9 Å². The van der Waals surface area contributed by atoms with Crippen LogP contribution in [0.5, 0.6) is 0 Å². The van der Waals surface area contributed by atoms with Crippen LogP contribution in [0.25, 0.3) is 0 Å². The van der Waals surface area contributed by atoms with Crippen LogP contribution in [0.2, 0.25) is 0 Å². The summed E-state index contributed by atoms with van der Waals surface area (Å²) in [4.78, 5) is 13.4. The number of nitrogens with zero attached hydrogens (tertiary/aromatic N) is 1. The zero-order valence-corrected chi connectivity index (χ0v) is 10.9. The molecule has 1 amide bonds. The average Bonchev–Trinajstić information content (AvgIpc) is 2.34. The first-order chi connectivity index (χ1) is 8.13. The van der Waals surface area contributed by atoms with E-state index in [4.69, 9.17) is 0 Å². The predicted octanol–water partition coefficient (Wildman–Crippen LogP) is 1.69. The van der Waals surface area contributed by atoms with E-state index in [0.29, 0.717) is 19.0 Å². The molecular formula is C14H22N2O. The number of nitrogens with one attached hydrogen (secondary N) is 1. The standard InChI is InChI=1S/C14H22N2O/c1-4-14(17)15-11-13(16(2)3)10-12-8-6-5-7-9-12/h5-9,13H,4,10-11H2,1-3H3,(H,15,17). The van der Waals surface area contributed by atoms with E-state index < -0.39 is 0 Å². The molecule has 0 radical (unpaired) electrons. The summed E-state index contributed by atoms with van der Waals surface area (Å²) in [6.45, 7) is 2.58. The van der Waals surface area contributed by atoms with Gasteiger partial charge in [-0.05, 0) is 26.1 Å². The monoisotopic (exact) mass is 234 g/mol. The lowest BCUT2D eigenvalue weighted by Gasteiger charge is -2.24. The number of benzene rings is 1. The summed E-state index contributed by atoms with van der Waals surface area (Å²) in [6.07, 6.45) is 1.50. The number of hydrogen-bond acceptors (Lipinski definition) is 2. The van der Waals surface area contributed by atoms with E-state index in [1.165, 1.54) is 5.56 Å². The van der Waals surface area contributed by atoms with Gasteiger partial charge in [0.05, 0.1) is 0 Å². The average molecular weight is 234 g/mol. The maximum absolute atomic E-state index is 11.3. The second kappa shape index (κ2) is 7.07. The van der Waals surface area contributed by atoms with Gasteiger partial charge in [-0.2, -0.15) is 0 Å². The zero-order chi connectivity index (χ0) is 12.7. The largest absolute Gasteiger partial charge is 0.355 e. The maximum Gasteiger partial charge on any atom is 0.219 e. The number of carbonyl (C=O) groups is 1. The summed E-state index contributed by atoms with van der Waals surface area (Å²) < 4.78 is 0. The van der Waals surface area contributed by atoms with Crippen LogP contribution in [0.1, 0.15) is 18.9 Å². The van der Waals surface area contributed by atoms with Crippen LogP contribution < -0.4 is 5.32 Å². The lowest BCUT2D eigenvalue weighted by molar-refractivity contribution is -0.120. The lowest BCUT2D eigenvalue weighted by atomic mass is 10.1. The van der Waals surface area contributed by atoms with Crippen LogP contribution in [-0.2, 0) is 11.2 Å². The number of carbonyl (C=O) groups excluding carboxylic acids is 1. The molecule has 0 fully saturated rings. The van der Waals surface area contributed by atoms with Crippen LogP contribution in [0.4, 0.5) is 0 Å². The Hall–Kier alpha value is -1.35. The highest BCUT2D eigenvalue weighted by atomic mass is 16.1. The summed E-state index contributed by atoms with van der Waals surface area (Å²) in [5.41, 5.74) is 1.30. The predicted molar refractivity (Wildman–Crippen MR) is 70.9 cm³/mol. The van der Waals surface area contributed by atoms with Gasteiger partial charge < -0.3 is 10.2 Å². The highest BCUT2D eigenvalue weighted by Gasteiger charge is 2.12. The lowest BCUT2D eigenvalue weighted by Crippen LogP contribution is -2.41. The molecule has 94 valence electrons. The Kier molecular flexibility index (Phi) is 5.70. The molecule has 3 nitrogen and oxygen atoms in total. The van der Waals surface area contributed by atoms with Gasteiger partial charge in [0.2, 0.25) is 5.91 Å². The van der Waals surface area contributed by atoms with Crippen LogP contribution in [0, 0.1) is 0 Å². The van der Waals surface area contributed by atoms with E-state index in [9.17, 15) is 4.79 Å². The van der Waals surface area contributed by atoms with Gasteiger partial charge in [0.15, 0.2) is 0 Å². The van der Waals surface area contributed by atoms with Gasteiger partial charge in [0.25, 0.3) is 0 Å². The SMILES string of the molecule is CCC(=O)NCC(Cc1ccccc1)N(C)C. The van der Waals surface area contributed by atoms with Crippen molar-refractivity contribution < 1.29 is 4.79 Å². The van der Waals surface area contributed by atoms with E-state index in [-0.39, 0.29) is 5.91 Å². The van der Waals surface area contributed by atoms with Crippen molar-refractivity contribution in [2.45, 2.75) is 25.8 Å². The fraction of sp³-hybridized carbons (Fsp3) is 0.500. The molecule has 0 saturated carbocycles. The molecule has 0 spiro atoms. The van der Waals surface area contributed by atoms with Crippen LogP contribution in [0.15, 0.2) is 30.3 Å². The Bertz CT molecular complexity index is 335. The van der Waals surface area contributed by atoms with E-state index in [2.05, 4.69) is 22.3 Å². The number of rotatable bonds is 6. The van der Waals surface area contributed by atoms with Gasteiger partial charge in [-0.25, -0.2) is 0 Å². The van der Waals surface area contributed by atoms with Crippen molar-refractivity contribution in [3.63, 3.8) is 0 Å². The molecule has 0 heterocycles. The second-order valence-corrected chi connectivity index (χ2v) is 4.46. The Morgan fingerprint density at radius 2 is 1.94 bits per heavy atom. The quantitative estimate of drug-likeness (QED) is 0.812. The molecule has 1 N–H and O–H groups in total. The van der Waals surface area contributed by atoms with Crippen LogP contribution >= 0.6 is 0 Å². The van der Waals surface area contributed by atoms with E-state index in [0.717, 1.165) is 6.42 Å². The zero-order valence-electron chi connectivity index (χ0n) is 10.9. The minimum Gasteiger partial charge on any atom is -0.355 e. The maximum atomic E-state index is 11.3. The normalized spacial score (nSPS) is 12.5. The topological polar surface area (TPSA) is 32.3 Å². The Morgan fingerprint density at radius 1 is 1.29 bits per heavy atom. The van der Waals surface area contributed by atoms with Gasteiger partial charge in [0, 0.05) is 19.0 Å². The van der Waals surface area contributed by atoms with Gasteiger partial charge in [-0.1, -0.05) is 37.3 Å². The van der Waals surface area contributed by atoms with Crippen molar-refractivity contribution in [1.29, 1.82) is 0 Å². The first kappa shape index (κ1) is 13.7. The molecule has 0 bridgehead atoms. The van der Waals surface area contributed by atoms with E-state index in [1.54, 1.807) is 0 Å². The Labute approximate surface area is 104 Å². The molecule has 1 aromatic rings. The van der Waals surface area contributed by atoms with Crippen molar-refractivity contribution >= 4 is 5.91 Å². The summed E-state index contributed by atoms with van der Waals surface area (Å²) in [5, 5.41) is 2.95. The van der Waals surface area contributed by atoms with E-state index >= 15 is 0 Å². The number of likely N-dealkylation sites (N-methyl/N-ethyl adjacent to an activating group) is 1. The van der Waals surface area contributed by atoms with Gasteiger partial charge in [0.1, 0.15) is 0 Å². The number of amides is 1. The molecule has 0 aliphatic carbocycles. The molecule has 1 rings (SSSR count). The Balaban J connectivity index is 2.52. The minimum absolute atomic E-state index is 0.116. The molecule has 0 aliphatic heterocycles. The molecule has 1 atom stereocenters. The highest BCUT2D eigenvalue weighted by molar-refractivity contribution is 5.75. The molecule has 1 aromatic carbocycles. The third-order valence-electron chi connectivity index (χ3n) is 2.90. The van der Waals surface area contributed by atoms with Crippen molar-refractivity contribution in [2.24, 2.45) is 0 Å². The summed E-state index contributed by atoms with van der Waals surface area (Å²) >= 11 is 0.